The number of carbonyl (C=O) groups excluding carboxylic acids is 2. The van der Waals surface area contributed by atoms with E-state index in [0.29, 0.717) is 37.3 Å². The van der Waals surface area contributed by atoms with Crippen LogP contribution in [0.5, 0.6) is 5.75 Å². The number of aliphatic hydroxyl groups is 1. The highest BCUT2D eigenvalue weighted by molar-refractivity contribution is 6.00. The van der Waals surface area contributed by atoms with Gasteiger partial charge < -0.3 is 19.3 Å². The zero-order valence-corrected chi connectivity index (χ0v) is 22.1. The highest BCUT2D eigenvalue weighted by Crippen LogP contribution is 2.28. The summed E-state index contributed by atoms with van der Waals surface area (Å²) in [6.07, 6.45) is 1.19. The molecule has 0 saturated carbocycles. The van der Waals surface area contributed by atoms with Gasteiger partial charge in [0.25, 0.3) is 5.91 Å². The van der Waals surface area contributed by atoms with Crippen LogP contribution >= 0.6 is 0 Å². The van der Waals surface area contributed by atoms with Crippen LogP contribution in [0, 0.1) is 5.82 Å². The molecule has 3 N–H and O–H groups in total. The lowest BCUT2D eigenvalue weighted by Crippen LogP contribution is -2.52. The van der Waals surface area contributed by atoms with E-state index in [1.54, 1.807) is 57.2 Å². The van der Waals surface area contributed by atoms with Crippen LogP contribution in [0.15, 0.2) is 53.5 Å². The third kappa shape index (κ3) is 8.81. The molecule has 0 radical (unpaired) electrons. The second kappa shape index (κ2) is 13.3. The fraction of sp³-hybridized carbons (Fsp3) is 0.464. The fourth-order valence-corrected chi connectivity index (χ4v) is 3.72. The van der Waals surface area contributed by atoms with Gasteiger partial charge in [-0.15, -0.1) is 0 Å². The number of aliphatic imine (C=N–C) groups is 1. The molecule has 3 rings (SSSR count). The third-order valence-corrected chi connectivity index (χ3v) is 5.67. The maximum absolute atomic E-state index is 13.3. The van der Waals surface area contributed by atoms with E-state index in [2.05, 4.69) is 15.8 Å². The Bertz CT molecular complexity index is 1100. The minimum absolute atomic E-state index is 0.0158. The Hall–Kier alpha value is -3.50. The van der Waals surface area contributed by atoms with E-state index in [1.807, 2.05) is 0 Å². The van der Waals surface area contributed by atoms with Crippen molar-refractivity contribution < 1.29 is 33.3 Å². The van der Waals surface area contributed by atoms with Crippen LogP contribution in [0.1, 0.15) is 51.2 Å². The molecule has 1 heterocycles. The number of nitrogens with one attached hydrogen (secondary N) is 2. The number of aliphatic hydroxyl groups excluding tert-OH is 1. The number of nitrogens with zero attached hydrogens (tertiary/aromatic N) is 1. The Morgan fingerprint density at radius 2 is 1.84 bits per heavy atom. The van der Waals surface area contributed by atoms with Gasteiger partial charge in [0, 0.05) is 31.6 Å². The lowest BCUT2D eigenvalue weighted by molar-refractivity contribution is -0.155. The minimum atomic E-state index is -1.33. The average molecular weight is 530 g/mol. The first-order valence-electron chi connectivity index (χ1n) is 12.7. The number of rotatable bonds is 13. The quantitative estimate of drug-likeness (QED) is 0.207. The van der Waals surface area contributed by atoms with Crippen LogP contribution in [-0.4, -0.2) is 60.4 Å². The molecule has 0 bridgehead atoms. The lowest BCUT2D eigenvalue weighted by Gasteiger charge is -2.24. The van der Waals surface area contributed by atoms with Crippen molar-refractivity contribution >= 4 is 17.8 Å². The molecule has 0 aliphatic carbocycles. The molecule has 0 aromatic heterocycles. The Morgan fingerprint density at radius 3 is 2.50 bits per heavy atom. The molecule has 2 aromatic rings. The molecule has 0 unspecified atom stereocenters. The number of esters is 1. The Morgan fingerprint density at radius 1 is 1.13 bits per heavy atom. The molecule has 38 heavy (non-hydrogen) atoms. The molecule has 1 aliphatic heterocycles. The van der Waals surface area contributed by atoms with Gasteiger partial charge in [-0.2, -0.15) is 0 Å². The van der Waals surface area contributed by atoms with Gasteiger partial charge in [-0.25, -0.2) is 14.8 Å². The number of benzene rings is 2. The molecule has 0 spiro atoms. The molecular weight excluding hydrogens is 493 g/mol. The molecule has 0 saturated heterocycles. The standard InChI is InChI=1S/C28H36FN3O6/c1-27(2,3)38-24(34)13-15-28(26(35)32-30-16-14-20-5-9-22(29)10-6-20)19-37-25(31-28)21-7-11-23(12-8-21)36-18-4-17-33/h5-12,30,33H,4,13-19H2,1-3H3,(H,32,35)/t28-/m0/s1. The number of halogens is 1. The molecule has 1 atom stereocenters. The zero-order chi connectivity index (χ0) is 27.6. The minimum Gasteiger partial charge on any atom is -0.494 e. The van der Waals surface area contributed by atoms with Crippen LogP contribution < -0.4 is 15.6 Å². The maximum Gasteiger partial charge on any atom is 0.306 e. The van der Waals surface area contributed by atoms with Crippen molar-refractivity contribution in [2.24, 2.45) is 4.99 Å². The summed E-state index contributed by atoms with van der Waals surface area (Å²) in [5.74, 6) is -0.237. The summed E-state index contributed by atoms with van der Waals surface area (Å²) in [4.78, 5) is 30.3. The van der Waals surface area contributed by atoms with Crippen molar-refractivity contribution in [1.29, 1.82) is 0 Å². The molecule has 9 nitrogen and oxygen atoms in total. The van der Waals surface area contributed by atoms with Gasteiger partial charge in [0.2, 0.25) is 5.90 Å². The number of hydrogen-bond donors (Lipinski definition) is 3. The molecule has 1 aliphatic rings. The second-order valence-corrected chi connectivity index (χ2v) is 10.0. The summed E-state index contributed by atoms with van der Waals surface area (Å²) in [6.45, 7) is 6.17. The van der Waals surface area contributed by atoms with Crippen molar-refractivity contribution in [3.63, 3.8) is 0 Å². The molecule has 2 aromatic carbocycles. The van der Waals surface area contributed by atoms with Gasteiger partial charge in [-0.3, -0.25) is 15.0 Å². The zero-order valence-electron chi connectivity index (χ0n) is 22.1. The van der Waals surface area contributed by atoms with E-state index < -0.39 is 23.0 Å². The molecule has 10 heteroatoms. The summed E-state index contributed by atoms with van der Waals surface area (Å²) >= 11 is 0. The van der Waals surface area contributed by atoms with Gasteiger partial charge in [0.15, 0.2) is 5.54 Å². The lowest BCUT2D eigenvalue weighted by atomic mass is 9.94. The summed E-state index contributed by atoms with van der Waals surface area (Å²) in [6, 6.07) is 13.2. The maximum atomic E-state index is 13.3. The van der Waals surface area contributed by atoms with Gasteiger partial charge in [-0.1, -0.05) is 12.1 Å². The Labute approximate surface area is 222 Å². The summed E-state index contributed by atoms with van der Waals surface area (Å²) < 4.78 is 29.9. The number of amides is 1. The van der Waals surface area contributed by atoms with Gasteiger partial charge >= 0.3 is 5.97 Å². The van der Waals surface area contributed by atoms with Gasteiger partial charge in [0.05, 0.1) is 6.61 Å². The topological polar surface area (TPSA) is 118 Å². The molecular formula is C28H36FN3O6. The van der Waals surface area contributed by atoms with Crippen LogP contribution in [0.25, 0.3) is 0 Å². The first-order valence-corrected chi connectivity index (χ1v) is 12.7. The van der Waals surface area contributed by atoms with E-state index in [4.69, 9.17) is 19.3 Å². The van der Waals surface area contributed by atoms with Gasteiger partial charge in [0.1, 0.15) is 23.8 Å². The third-order valence-electron chi connectivity index (χ3n) is 5.67. The summed E-state index contributed by atoms with van der Waals surface area (Å²) in [7, 11) is 0. The average Bonchev–Trinajstić information content (AvgIpc) is 3.32. The van der Waals surface area contributed by atoms with Crippen molar-refractivity contribution in [2.45, 2.75) is 57.6 Å². The summed E-state index contributed by atoms with van der Waals surface area (Å²) in [5.41, 5.74) is 5.19. The monoisotopic (exact) mass is 529 g/mol. The van der Waals surface area contributed by atoms with Crippen LogP contribution in [-0.2, 0) is 25.5 Å². The van der Waals surface area contributed by atoms with Crippen LogP contribution in [0.4, 0.5) is 4.39 Å². The number of hydrazine groups is 1. The SMILES string of the molecule is CC(C)(C)OC(=O)CC[C@@]1(C(=O)NNCCc2ccc(F)cc2)COC(c2ccc(OCCCO)cc2)=N1. The molecule has 206 valence electrons. The van der Waals surface area contributed by atoms with E-state index >= 15 is 0 Å². The van der Waals surface area contributed by atoms with Crippen LogP contribution in [0.2, 0.25) is 0 Å². The van der Waals surface area contributed by atoms with Gasteiger partial charge in [-0.05, 0) is 75.6 Å². The number of carbonyl (C=O) groups is 2. The largest absolute Gasteiger partial charge is 0.494 e. The van der Waals surface area contributed by atoms with Crippen molar-refractivity contribution in [2.75, 3.05) is 26.4 Å². The first kappa shape index (κ1) is 29.1. The Kier molecular flexibility index (Phi) is 10.2. The predicted octanol–water partition coefficient (Wildman–Crippen LogP) is 3.09. The highest BCUT2D eigenvalue weighted by Gasteiger charge is 2.45. The molecule has 1 amide bonds. The van der Waals surface area contributed by atoms with Crippen molar-refractivity contribution in [3.05, 3.63) is 65.5 Å². The van der Waals surface area contributed by atoms with Crippen LogP contribution in [0.3, 0.4) is 0 Å². The number of hydrogen-bond acceptors (Lipinski definition) is 8. The number of ether oxygens (including phenoxy) is 3. The Balaban J connectivity index is 1.68. The van der Waals surface area contributed by atoms with E-state index in [9.17, 15) is 14.0 Å². The van der Waals surface area contributed by atoms with E-state index in [1.165, 1.54) is 12.1 Å². The van der Waals surface area contributed by atoms with E-state index in [-0.39, 0.29) is 37.8 Å². The van der Waals surface area contributed by atoms with Crippen molar-refractivity contribution in [3.8, 4) is 5.75 Å². The smallest absolute Gasteiger partial charge is 0.306 e. The second-order valence-electron chi connectivity index (χ2n) is 10.0. The molecule has 0 fully saturated rings. The fourth-order valence-electron chi connectivity index (χ4n) is 3.72. The highest BCUT2D eigenvalue weighted by atomic mass is 19.1. The van der Waals surface area contributed by atoms with E-state index in [0.717, 1.165) is 5.56 Å². The van der Waals surface area contributed by atoms with Crippen molar-refractivity contribution in [1.82, 2.24) is 10.9 Å². The normalized spacial score (nSPS) is 16.9. The summed E-state index contributed by atoms with van der Waals surface area (Å²) in [5, 5.41) is 8.90. The predicted molar refractivity (Wildman–Crippen MR) is 140 cm³/mol. The first-order chi connectivity index (χ1) is 18.1.